The van der Waals surface area contributed by atoms with E-state index in [-0.39, 0.29) is 6.03 Å². The van der Waals surface area contributed by atoms with Crippen LogP contribution >= 0.6 is 0 Å². The van der Waals surface area contributed by atoms with Crippen molar-refractivity contribution in [2.75, 3.05) is 26.2 Å². The Morgan fingerprint density at radius 2 is 1.81 bits per heavy atom. The van der Waals surface area contributed by atoms with Gasteiger partial charge in [0, 0.05) is 43.7 Å². The van der Waals surface area contributed by atoms with E-state index in [1.54, 1.807) is 0 Å². The highest BCUT2D eigenvalue weighted by Crippen LogP contribution is 2.58. The quantitative estimate of drug-likeness (QED) is 0.843. The van der Waals surface area contributed by atoms with Gasteiger partial charge in [0.05, 0.1) is 0 Å². The minimum Gasteiger partial charge on any atom is -0.338 e. The Morgan fingerprint density at radius 1 is 1.11 bits per heavy atom. The number of urea groups is 1. The Hall–Kier alpha value is -1.55. The lowest BCUT2D eigenvalue weighted by Crippen LogP contribution is -2.64. The molecule has 1 aromatic carbocycles. The minimum absolute atomic E-state index is 0.127. The third-order valence-corrected chi connectivity index (χ3v) is 7.12. The average Bonchev–Trinajstić information content (AvgIpc) is 2.72. The molecule has 3 fully saturated rings. The smallest absolute Gasteiger partial charge is 0.317 e. The molecule has 0 bridgehead atoms. The predicted octanol–water partition coefficient (Wildman–Crippen LogP) is 4.58. The second-order valence-electron chi connectivity index (χ2n) is 8.86. The van der Waals surface area contributed by atoms with E-state index in [4.69, 9.17) is 0 Å². The standard InChI is InChI=1S/C23H35N3O/c1-2-15-24-22(27)25-16-11-20(12-17-25)26-18-23(13-7-4-8-14-23)21(26)19-9-5-3-6-10-19/h3,5-6,9-10,20-21H,2,4,7-8,11-18H2,1H3,(H,24,27). The van der Waals surface area contributed by atoms with Crippen molar-refractivity contribution < 1.29 is 4.79 Å². The molecule has 1 unspecified atom stereocenters. The number of rotatable bonds is 4. The molecule has 0 radical (unpaired) electrons. The highest BCUT2D eigenvalue weighted by atomic mass is 16.2. The molecular weight excluding hydrogens is 334 g/mol. The van der Waals surface area contributed by atoms with Crippen molar-refractivity contribution >= 4 is 6.03 Å². The van der Waals surface area contributed by atoms with E-state index in [0.717, 1.165) is 38.9 Å². The number of hydrogen-bond acceptors (Lipinski definition) is 2. The van der Waals surface area contributed by atoms with Gasteiger partial charge in [-0.2, -0.15) is 0 Å². The van der Waals surface area contributed by atoms with Crippen molar-refractivity contribution in [2.45, 2.75) is 70.4 Å². The summed E-state index contributed by atoms with van der Waals surface area (Å²) in [5, 5.41) is 3.03. The van der Waals surface area contributed by atoms with Crippen molar-refractivity contribution in [1.82, 2.24) is 15.1 Å². The molecule has 148 valence electrons. The van der Waals surface area contributed by atoms with E-state index in [0.29, 0.717) is 17.5 Å². The van der Waals surface area contributed by atoms with E-state index in [1.165, 1.54) is 44.2 Å². The summed E-state index contributed by atoms with van der Waals surface area (Å²) in [7, 11) is 0. The summed E-state index contributed by atoms with van der Waals surface area (Å²) in [6.07, 6.45) is 10.2. The normalized spacial score (nSPS) is 26.0. The van der Waals surface area contributed by atoms with Gasteiger partial charge >= 0.3 is 6.03 Å². The van der Waals surface area contributed by atoms with E-state index in [9.17, 15) is 4.79 Å². The van der Waals surface area contributed by atoms with Gasteiger partial charge in [-0.1, -0.05) is 56.5 Å². The van der Waals surface area contributed by atoms with Crippen LogP contribution in [0.5, 0.6) is 0 Å². The van der Waals surface area contributed by atoms with Crippen LogP contribution in [0.15, 0.2) is 30.3 Å². The van der Waals surface area contributed by atoms with Gasteiger partial charge < -0.3 is 10.2 Å². The van der Waals surface area contributed by atoms with Crippen molar-refractivity contribution in [2.24, 2.45) is 5.41 Å². The van der Waals surface area contributed by atoms with E-state index in [2.05, 4.69) is 47.5 Å². The monoisotopic (exact) mass is 369 g/mol. The maximum absolute atomic E-state index is 12.2. The van der Waals surface area contributed by atoms with E-state index >= 15 is 0 Å². The van der Waals surface area contributed by atoms with Gasteiger partial charge in [-0.05, 0) is 37.7 Å². The molecule has 1 atom stereocenters. The van der Waals surface area contributed by atoms with Crippen molar-refractivity contribution in [3.63, 3.8) is 0 Å². The molecule has 2 heterocycles. The number of benzene rings is 1. The number of nitrogens with zero attached hydrogens (tertiary/aromatic N) is 2. The maximum atomic E-state index is 12.2. The minimum atomic E-state index is 0.127. The molecule has 3 aliphatic rings. The van der Waals surface area contributed by atoms with Crippen LogP contribution in [-0.2, 0) is 0 Å². The Kier molecular flexibility index (Phi) is 5.72. The Morgan fingerprint density at radius 3 is 2.48 bits per heavy atom. The second-order valence-corrected chi connectivity index (χ2v) is 8.86. The zero-order valence-corrected chi connectivity index (χ0v) is 16.8. The summed E-state index contributed by atoms with van der Waals surface area (Å²) in [6, 6.07) is 12.5. The number of amides is 2. The first kappa shape index (κ1) is 18.8. The first-order valence-electron chi connectivity index (χ1n) is 11.1. The predicted molar refractivity (Wildman–Crippen MR) is 110 cm³/mol. The number of hydrogen-bond donors (Lipinski definition) is 1. The largest absolute Gasteiger partial charge is 0.338 e. The van der Waals surface area contributed by atoms with Gasteiger partial charge in [-0.3, -0.25) is 4.90 Å². The molecule has 2 aliphatic heterocycles. The van der Waals surface area contributed by atoms with Crippen LogP contribution in [-0.4, -0.2) is 48.1 Å². The molecule has 27 heavy (non-hydrogen) atoms. The second kappa shape index (κ2) is 8.22. The summed E-state index contributed by atoms with van der Waals surface area (Å²) >= 11 is 0. The van der Waals surface area contributed by atoms with Gasteiger partial charge in [0.2, 0.25) is 0 Å². The molecule has 0 aromatic heterocycles. The Bertz CT molecular complexity index is 618. The maximum Gasteiger partial charge on any atom is 0.317 e. The van der Waals surface area contributed by atoms with Gasteiger partial charge in [-0.15, -0.1) is 0 Å². The Labute approximate surface area is 164 Å². The topological polar surface area (TPSA) is 35.6 Å². The van der Waals surface area contributed by atoms with Crippen molar-refractivity contribution in [1.29, 1.82) is 0 Å². The summed E-state index contributed by atoms with van der Waals surface area (Å²) in [4.78, 5) is 17.0. The fourth-order valence-electron chi connectivity index (χ4n) is 5.73. The third-order valence-electron chi connectivity index (χ3n) is 7.12. The summed E-state index contributed by atoms with van der Waals surface area (Å²) in [5.74, 6) is 0. The molecule has 1 spiro atoms. The lowest BCUT2D eigenvalue weighted by atomic mass is 9.60. The fourth-order valence-corrected chi connectivity index (χ4v) is 5.73. The van der Waals surface area contributed by atoms with Gasteiger partial charge in [0.1, 0.15) is 0 Å². The van der Waals surface area contributed by atoms with Crippen LogP contribution < -0.4 is 5.32 Å². The number of piperidine rings is 1. The van der Waals surface area contributed by atoms with Crippen LogP contribution in [0, 0.1) is 5.41 Å². The highest BCUT2D eigenvalue weighted by Gasteiger charge is 2.54. The van der Waals surface area contributed by atoms with Crippen LogP contribution in [0.25, 0.3) is 0 Å². The lowest BCUT2D eigenvalue weighted by molar-refractivity contribution is -0.132. The van der Waals surface area contributed by atoms with Gasteiger partial charge in [0.25, 0.3) is 0 Å². The molecule has 1 aliphatic carbocycles. The summed E-state index contributed by atoms with van der Waals surface area (Å²) in [5.41, 5.74) is 2.02. The molecule has 1 saturated carbocycles. The molecule has 4 heteroatoms. The lowest BCUT2D eigenvalue weighted by Gasteiger charge is -2.63. The van der Waals surface area contributed by atoms with Crippen LogP contribution in [0.2, 0.25) is 0 Å². The zero-order valence-electron chi connectivity index (χ0n) is 16.8. The third kappa shape index (κ3) is 3.73. The van der Waals surface area contributed by atoms with Gasteiger partial charge in [-0.25, -0.2) is 4.79 Å². The highest BCUT2D eigenvalue weighted by molar-refractivity contribution is 5.74. The molecule has 2 amide bonds. The first-order chi connectivity index (χ1) is 13.2. The van der Waals surface area contributed by atoms with Gasteiger partial charge in [0.15, 0.2) is 0 Å². The number of nitrogens with one attached hydrogen (secondary N) is 1. The SMILES string of the molecule is CCCNC(=O)N1CCC(N2CC3(CCCCC3)C2c2ccccc2)CC1. The van der Waals surface area contributed by atoms with Crippen LogP contribution in [0.4, 0.5) is 4.79 Å². The number of likely N-dealkylation sites (tertiary alicyclic amines) is 2. The van der Waals surface area contributed by atoms with Crippen molar-refractivity contribution in [3.8, 4) is 0 Å². The van der Waals surface area contributed by atoms with E-state index < -0.39 is 0 Å². The number of carbonyl (C=O) groups is 1. The molecule has 1 aromatic rings. The summed E-state index contributed by atoms with van der Waals surface area (Å²) in [6.45, 7) is 5.93. The molecule has 4 rings (SSSR count). The average molecular weight is 370 g/mol. The molecule has 4 nitrogen and oxygen atoms in total. The Balaban J connectivity index is 1.42. The molecule has 2 saturated heterocycles. The molecular formula is C23H35N3O. The zero-order chi connectivity index (χ0) is 18.7. The fraction of sp³-hybridized carbons (Fsp3) is 0.696. The summed E-state index contributed by atoms with van der Waals surface area (Å²) < 4.78 is 0. The van der Waals surface area contributed by atoms with Crippen LogP contribution in [0.1, 0.15) is 69.9 Å². The van der Waals surface area contributed by atoms with Crippen LogP contribution in [0.3, 0.4) is 0 Å². The van der Waals surface area contributed by atoms with Crippen molar-refractivity contribution in [3.05, 3.63) is 35.9 Å². The first-order valence-corrected chi connectivity index (χ1v) is 11.1. The van der Waals surface area contributed by atoms with E-state index in [1.807, 2.05) is 4.90 Å². The molecule has 1 N–H and O–H groups in total. The number of carbonyl (C=O) groups excluding carboxylic acids is 1.